The number of hydrogen-bond acceptors (Lipinski definition) is 5. The number of nitro groups is 1. The number of aryl methyl sites for hydroxylation is 2. The summed E-state index contributed by atoms with van der Waals surface area (Å²) in [4.78, 5) is 49.7. The molecule has 9 nitrogen and oxygen atoms in total. The molecule has 1 N–H and O–H groups in total. The number of barbiturate groups is 1. The summed E-state index contributed by atoms with van der Waals surface area (Å²) in [5.74, 6) is -1.50. The lowest BCUT2D eigenvalue weighted by molar-refractivity contribution is -0.384. The van der Waals surface area contributed by atoms with E-state index in [4.69, 9.17) is 0 Å². The largest absolute Gasteiger partial charge is 0.335 e. The molecule has 1 saturated heterocycles. The molecule has 4 rings (SSSR count). The first-order valence-corrected chi connectivity index (χ1v) is 11.0. The third-order valence-corrected chi connectivity index (χ3v) is 6.48. The Kier molecular flexibility index (Phi) is 5.92. The fourth-order valence-corrected chi connectivity index (χ4v) is 4.12. The summed E-state index contributed by atoms with van der Waals surface area (Å²) in [6.45, 7) is 5.49. The van der Waals surface area contributed by atoms with Crippen LogP contribution in [0.25, 0.3) is 11.8 Å². The van der Waals surface area contributed by atoms with Gasteiger partial charge in [0.05, 0.1) is 10.6 Å². The summed E-state index contributed by atoms with van der Waals surface area (Å²) in [6.07, 6.45) is 1.45. The van der Waals surface area contributed by atoms with Crippen molar-refractivity contribution in [3.63, 3.8) is 0 Å². The van der Waals surface area contributed by atoms with Crippen LogP contribution in [0.3, 0.4) is 0 Å². The van der Waals surface area contributed by atoms with E-state index in [-0.39, 0.29) is 11.3 Å². The van der Waals surface area contributed by atoms with Crippen molar-refractivity contribution in [1.82, 2.24) is 9.88 Å². The van der Waals surface area contributed by atoms with Gasteiger partial charge in [-0.15, -0.1) is 0 Å². The van der Waals surface area contributed by atoms with Gasteiger partial charge in [0.2, 0.25) is 0 Å². The predicted octanol–water partition coefficient (Wildman–Crippen LogP) is 4.74. The van der Waals surface area contributed by atoms with Crippen LogP contribution in [0.2, 0.25) is 0 Å². The van der Waals surface area contributed by atoms with Crippen molar-refractivity contribution < 1.29 is 19.3 Å². The lowest BCUT2D eigenvalue weighted by Gasteiger charge is -2.26. The van der Waals surface area contributed by atoms with Crippen LogP contribution in [0, 0.1) is 30.9 Å². The van der Waals surface area contributed by atoms with E-state index < -0.39 is 22.8 Å². The molecule has 0 radical (unpaired) electrons. The summed E-state index contributed by atoms with van der Waals surface area (Å²) in [6, 6.07) is 12.1. The highest BCUT2D eigenvalue weighted by Crippen LogP contribution is 2.28. The molecular weight excluding hydrogens is 504 g/mol. The molecule has 4 amide bonds. The van der Waals surface area contributed by atoms with Crippen molar-refractivity contribution in [2.24, 2.45) is 0 Å². The molecule has 0 unspecified atom stereocenters. The maximum Gasteiger partial charge on any atom is 0.335 e. The quantitative estimate of drug-likeness (QED) is 0.230. The first-order valence-electron chi connectivity index (χ1n) is 10.2. The van der Waals surface area contributed by atoms with Gasteiger partial charge in [0.1, 0.15) is 5.57 Å². The molecule has 2 aromatic carbocycles. The summed E-state index contributed by atoms with van der Waals surface area (Å²) in [5, 5.41) is 13.2. The molecule has 0 bridgehead atoms. The minimum Gasteiger partial charge on any atom is -0.318 e. The van der Waals surface area contributed by atoms with Gasteiger partial charge in [-0.25, -0.2) is 9.69 Å². The second kappa shape index (κ2) is 8.71. The second-order valence-electron chi connectivity index (χ2n) is 7.83. The highest BCUT2D eigenvalue weighted by atomic mass is 79.9. The molecule has 0 saturated carbocycles. The van der Waals surface area contributed by atoms with Gasteiger partial charge in [0.15, 0.2) is 0 Å². The van der Waals surface area contributed by atoms with E-state index in [2.05, 4.69) is 21.2 Å². The first-order chi connectivity index (χ1) is 16.1. The van der Waals surface area contributed by atoms with Crippen LogP contribution in [0.5, 0.6) is 0 Å². The number of urea groups is 1. The Morgan fingerprint density at radius 2 is 1.62 bits per heavy atom. The molecular formula is C24H19BrN4O5. The van der Waals surface area contributed by atoms with Gasteiger partial charge in [-0.3, -0.25) is 25.0 Å². The normalized spacial score (nSPS) is 15.1. The monoisotopic (exact) mass is 522 g/mol. The fourth-order valence-electron chi connectivity index (χ4n) is 3.87. The molecule has 34 heavy (non-hydrogen) atoms. The summed E-state index contributed by atoms with van der Waals surface area (Å²) >= 11 is 3.39. The zero-order valence-corrected chi connectivity index (χ0v) is 20.0. The van der Waals surface area contributed by atoms with Gasteiger partial charge in [0, 0.05) is 33.7 Å². The zero-order valence-electron chi connectivity index (χ0n) is 18.5. The average Bonchev–Trinajstić information content (AvgIpc) is 3.06. The Morgan fingerprint density at radius 1 is 0.971 bits per heavy atom. The topological polar surface area (TPSA) is 115 Å². The van der Waals surface area contributed by atoms with E-state index in [9.17, 15) is 24.5 Å². The molecule has 172 valence electrons. The van der Waals surface area contributed by atoms with E-state index in [1.165, 1.54) is 18.2 Å². The summed E-state index contributed by atoms with van der Waals surface area (Å²) in [5.41, 5.74) is 3.81. The van der Waals surface area contributed by atoms with Crippen LogP contribution in [-0.2, 0) is 9.59 Å². The first kappa shape index (κ1) is 23.1. The number of carbonyl (C=O) groups excluding carboxylic acids is 3. The molecule has 10 heteroatoms. The van der Waals surface area contributed by atoms with Crippen molar-refractivity contribution in [3.8, 4) is 5.69 Å². The number of rotatable bonds is 4. The zero-order chi connectivity index (χ0) is 24.7. The molecule has 0 aliphatic carbocycles. The van der Waals surface area contributed by atoms with Crippen LogP contribution in [0.15, 0.2) is 58.6 Å². The van der Waals surface area contributed by atoms with Crippen molar-refractivity contribution >= 4 is 51.2 Å². The number of benzene rings is 2. The number of amides is 4. The molecule has 0 spiro atoms. The number of aromatic nitrogens is 1. The predicted molar refractivity (Wildman–Crippen MR) is 130 cm³/mol. The average molecular weight is 523 g/mol. The Bertz CT molecular complexity index is 1410. The smallest absolute Gasteiger partial charge is 0.318 e. The number of non-ortho nitro benzene ring substituents is 1. The number of carbonyl (C=O) groups is 3. The third-order valence-electron chi connectivity index (χ3n) is 5.59. The minimum absolute atomic E-state index is 0.0223. The summed E-state index contributed by atoms with van der Waals surface area (Å²) < 4.78 is 2.69. The van der Waals surface area contributed by atoms with E-state index >= 15 is 0 Å². The Balaban J connectivity index is 1.74. The molecule has 1 aliphatic heterocycles. The Labute approximate surface area is 203 Å². The van der Waals surface area contributed by atoms with E-state index in [0.717, 1.165) is 26.3 Å². The van der Waals surface area contributed by atoms with Gasteiger partial charge < -0.3 is 4.57 Å². The maximum absolute atomic E-state index is 13.2. The fraction of sp³-hybridized carbons (Fsp3) is 0.125. The second-order valence-corrected chi connectivity index (χ2v) is 8.68. The molecule has 0 atom stereocenters. The third kappa shape index (κ3) is 4.03. The van der Waals surface area contributed by atoms with Crippen molar-refractivity contribution in [2.45, 2.75) is 20.8 Å². The van der Waals surface area contributed by atoms with Crippen LogP contribution in [-0.4, -0.2) is 27.3 Å². The van der Waals surface area contributed by atoms with Crippen molar-refractivity contribution in [3.05, 3.63) is 91.2 Å². The SMILES string of the molecule is Cc1cc(N2C(=O)NC(=O)/C(=C/c3cc(C)n(-c4ccc([N+](=O)[O-])cc4)c3C)C2=O)ccc1Br. The number of imide groups is 2. The molecule has 2 heterocycles. The van der Waals surface area contributed by atoms with Gasteiger partial charge in [-0.2, -0.15) is 0 Å². The van der Waals surface area contributed by atoms with E-state index in [1.807, 2.05) is 25.3 Å². The molecule has 1 aliphatic rings. The van der Waals surface area contributed by atoms with E-state index in [1.54, 1.807) is 36.4 Å². The lowest BCUT2D eigenvalue weighted by Crippen LogP contribution is -2.54. The van der Waals surface area contributed by atoms with Gasteiger partial charge in [-0.05, 0) is 74.4 Å². The van der Waals surface area contributed by atoms with Gasteiger partial charge in [0.25, 0.3) is 17.5 Å². The number of anilines is 1. The van der Waals surface area contributed by atoms with Crippen molar-refractivity contribution in [2.75, 3.05) is 4.90 Å². The van der Waals surface area contributed by atoms with Crippen LogP contribution < -0.4 is 10.2 Å². The van der Waals surface area contributed by atoms with Crippen LogP contribution in [0.1, 0.15) is 22.5 Å². The number of nitro benzene ring substituents is 1. The number of nitrogens with zero attached hydrogens (tertiary/aromatic N) is 3. The highest BCUT2D eigenvalue weighted by Gasteiger charge is 2.37. The van der Waals surface area contributed by atoms with E-state index in [0.29, 0.717) is 16.9 Å². The Morgan fingerprint density at radius 3 is 2.24 bits per heavy atom. The maximum atomic E-state index is 13.2. The number of hydrogen-bond donors (Lipinski definition) is 1. The number of nitrogens with one attached hydrogen (secondary N) is 1. The standard InChI is InChI=1S/C24H19BrN4O5/c1-13-10-19(8-9-21(13)25)28-23(31)20(22(30)26-24(28)32)12-16-11-14(2)27(15(16)3)17-4-6-18(7-5-17)29(33)34/h4-12H,1-3H3,(H,26,30,32)/b20-12-. The lowest BCUT2D eigenvalue weighted by atomic mass is 10.1. The van der Waals surface area contributed by atoms with Gasteiger partial charge in [-0.1, -0.05) is 15.9 Å². The summed E-state index contributed by atoms with van der Waals surface area (Å²) in [7, 11) is 0. The Hall–Kier alpha value is -4.05. The number of halogens is 1. The van der Waals surface area contributed by atoms with Crippen molar-refractivity contribution in [1.29, 1.82) is 0 Å². The molecule has 3 aromatic rings. The minimum atomic E-state index is -0.815. The van der Waals surface area contributed by atoms with Gasteiger partial charge >= 0.3 is 6.03 Å². The molecule has 1 fully saturated rings. The van der Waals surface area contributed by atoms with Crippen LogP contribution in [0.4, 0.5) is 16.2 Å². The molecule has 1 aromatic heterocycles. The highest BCUT2D eigenvalue weighted by molar-refractivity contribution is 9.10. The van der Waals surface area contributed by atoms with Crippen LogP contribution >= 0.6 is 15.9 Å².